The fourth-order valence-electron chi connectivity index (χ4n) is 1.59. The third kappa shape index (κ3) is 3.12. The largest absolute Gasteiger partial charge is 0.433 e. The van der Waals surface area contributed by atoms with Crippen molar-refractivity contribution in [2.75, 3.05) is 12.4 Å². The topological polar surface area (TPSA) is 37.8 Å². The minimum atomic E-state index is -4.76. The molecule has 1 heterocycles. The van der Waals surface area contributed by atoms with Gasteiger partial charge in [-0.25, -0.2) is 18.7 Å². The van der Waals surface area contributed by atoms with Gasteiger partial charge in [0, 0.05) is 7.05 Å². The smallest absolute Gasteiger partial charge is 0.357 e. The summed E-state index contributed by atoms with van der Waals surface area (Å²) in [6, 6.07) is 2.53. The Labute approximate surface area is 124 Å². The highest BCUT2D eigenvalue weighted by Crippen LogP contribution is 2.34. The SMILES string of the molecule is CNc1nc(-c2c(F)ccc(Br)c2F)cc(C(F)(F)F)n1. The summed E-state index contributed by atoms with van der Waals surface area (Å²) in [5.74, 6) is -2.45. The van der Waals surface area contributed by atoms with Crippen LogP contribution in [0.2, 0.25) is 0 Å². The molecule has 0 unspecified atom stereocenters. The Morgan fingerprint density at radius 2 is 1.81 bits per heavy atom. The molecule has 0 radical (unpaired) electrons. The van der Waals surface area contributed by atoms with Gasteiger partial charge in [-0.1, -0.05) is 0 Å². The van der Waals surface area contributed by atoms with Gasteiger partial charge in [0.15, 0.2) is 5.69 Å². The molecule has 0 saturated heterocycles. The van der Waals surface area contributed by atoms with E-state index in [1.54, 1.807) is 0 Å². The van der Waals surface area contributed by atoms with Crippen molar-refractivity contribution in [2.45, 2.75) is 6.18 Å². The number of hydrogen-bond donors (Lipinski definition) is 1. The van der Waals surface area contributed by atoms with Crippen LogP contribution in [0.4, 0.5) is 27.9 Å². The maximum Gasteiger partial charge on any atom is 0.433 e. The summed E-state index contributed by atoms with van der Waals surface area (Å²) in [6.45, 7) is 0. The van der Waals surface area contributed by atoms with Gasteiger partial charge in [0.1, 0.15) is 11.6 Å². The van der Waals surface area contributed by atoms with Crippen molar-refractivity contribution < 1.29 is 22.0 Å². The third-order valence-corrected chi connectivity index (χ3v) is 3.15. The van der Waals surface area contributed by atoms with E-state index in [2.05, 4.69) is 31.2 Å². The summed E-state index contributed by atoms with van der Waals surface area (Å²) in [6.07, 6.45) is -4.76. The Kier molecular flexibility index (Phi) is 4.13. The van der Waals surface area contributed by atoms with E-state index in [9.17, 15) is 22.0 Å². The summed E-state index contributed by atoms with van der Waals surface area (Å²) >= 11 is 2.85. The number of halogens is 6. The van der Waals surface area contributed by atoms with E-state index in [-0.39, 0.29) is 4.47 Å². The Balaban J connectivity index is 2.73. The standard InChI is InChI=1S/C12H7BrF5N3/c1-19-11-20-7(4-8(21-11)12(16,17)18)9-6(14)3-2-5(13)10(9)15/h2-4H,1H3,(H,19,20,21). The van der Waals surface area contributed by atoms with Crippen molar-refractivity contribution in [3.05, 3.63) is 40.0 Å². The lowest BCUT2D eigenvalue weighted by molar-refractivity contribution is -0.141. The average Bonchev–Trinajstić information content (AvgIpc) is 2.42. The molecule has 2 rings (SSSR count). The molecule has 2 aromatic rings. The molecular weight excluding hydrogens is 361 g/mol. The van der Waals surface area contributed by atoms with E-state index in [0.717, 1.165) is 12.1 Å². The van der Waals surface area contributed by atoms with Crippen LogP contribution in [0.3, 0.4) is 0 Å². The molecule has 21 heavy (non-hydrogen) atoms. The molecule has 1 N–H and O–H groups in total. The first-order valence-corrected chi connectivity index (χ1v) is 6.31. The maximum absolute atomic E-state index is 14.0. The summed E-state index contributed by atoms with van der Waals surface area (Å²) in [4.78, 5) is 6.90. The number of rotatable bonds is 2. The van der Waals surface area contributed by atoms with E-state index in [1.165, 1.54) is 7.05 Å². The van der Waals surface area contributed by atoms with Crippen LogP contribution in [0.5, 0.6) is 0 Å². The van der Waals surface area contributed by atoms with E-state index in [1.807, 2.05) is 0 Å². The number of benzene rings is 1. The lowest BCUT2D eigenvalue weighted by Crippen LogP contribution is -2.12. The van der Waals surface area contributed by atoms with Gasteiger partial charge in [-0.3, -0.25) is 0 Å². The zero-order valence-electron chi connectivity index (χ0n) is 10.4. The predicted molar refractivity (Wildman–Crippen MR) is 69.6 cm³/mol. The monoisotopic (exact) mass is 367 g/mol. The van der Waals surface area contributed by atoms with Gasteiger partial charge in [-0.05, 0) is 34.1 Å². The van der Waals surface area contributed by atoms with Crippen molar-refractivity contribution in [3.8, 4) is 11.3 Å². The minimum Gasteiger partial charge on any atom is -0.357 e. The molecule has 0 aliphatic carbocycles. The molecule has 0 bridgehead atoms. The van der Waals surface area contributed by atoms with Gasteiger partial charge >= 0.3 is 6.18 Å². The van der Waals surface area contributed by atoms with Gasteiger partial charge in [-0.15, -0.1) is 0 Å². The second-order valence-electron chi connectivity index (χ2n) is 3.93. The van der Waals surface area contributed by atoms with Crippen LogP contribution in [-0.2, 0) is 6.18 Å². The number of anilines is 1. The first-order valence-electron chi connectivity index (χ1n) is 5.52. The van der Waals surface area contributed by atoms with E-state index < -0.39 is 40.7 Å². The van der Waals surface area contributed by atoms with Crippen LogP contribution in [0.25, 0.3) is 11.3 Å². The van der Waals surface area contributed by atoms with Gasteiger partial charge < -0.3 is 5.32 Å². The number of nitrogens with one attached hydrogen (secondary N) is 1. The van der Waals surface area contributed by atoms with Crippen LogP contribution >= 0.6 is 15.9 Å². The maximum atomic E-state index is 14.0. The summed E-state index contributed by atoms with van der Waals surface area (Å²) < 4.78 is 65.9. The number of nitrogens with zero attached hydrogens (tertiary/aromatic N) is 2. The van der Waals surface area contributed by atoms with Crippen molar-refractivity contribution >= 4 is 21.9 Å². The lowest BCUT2D eigenvalue weighted by Gasteiger charge is -2.11. The van der Waals surface area contributed by atoms with Crippen LogP contribution in [0.15, 0.2) is 22.7 Å². The van der Waals surface area contributed by atoms with Gasteiger partial charge in [0.05, 0.1) is 15.7 Å². The fourth-order valence-corrected chi connectivity index (χ4v) is 1.92. The molecule has 0 atom stereocenters. The zero-order chi connectivity index (χ0) is 15.8. The van der Waals surface area contributed by atoms with Crippen LogP contribution in [0.1, 0.15) is 5.69 Å². The molecular formula is C12H7BrF5N3. The van der Waals surface area contributed by atoms with Crippen LogP contribution < -0.4 is 5.32 Å². The molecule has 9 heteroatoms. The Morgan fingerprint density at radius 3 is 2.38 bits per heavy atom. The minimum absolute atomic E-state index is 0.0860. The highest BCUT2D eigenvalue weighted by molar-refractivity contribution is 9.10. The molecule has 0 aliphatic heterocycles. The highest BCUT2D eigenvalue weighted by Gasteiger charge is 2.34. The molecule has 0 aliphatic rings. The van der Waals surface area contributed by atoms with Gasteiger partial charge in [-0.2, -0.15) is 13.2 Å². The first kappa shape index (κ1) is 15.6. The normalized spacial score (nSPS) is 11.6. The highest BCUT2D eigenvalue weighted by atomic mass is 79.9. The molecule has 1 aromatic carbocycles. The fraction of sp³-hybridized carbons (Fsp3) is 0.167. The quantitative estimate of drug-likeness (QED) is 0.637. The van der Waals surface area contributed by atoms with E-state index >= 15 is 0 Å². The predicted octanol–water partition coefficient (Wildman–Crippen LogP) is 4.24. The molecule has 112 valence electrons. The summed E-state index contributed by atoms with van der Waals surface area (Å²) in [5, 5.41) is 2.32. The third-order valence-electron chi connectivity index (χ3n) is 2.54. The average molecular weight is 368 g/mol. The van der Waals surface area contributed by atoms with Gasteiger partial charge in [0.2, 0.25) is 5.95 Å². The Hall–Kier alpha value is -1.77. The number of alkyl halides is 3. The molecule has 0 spiro atoms. The van der Waals surface area contributed by atoms with Crippen molar-refractivity contribution in [3.63, 3.8) is 0 Å². The second kappa shape index (κ2) is 5.55. The van der Waals surface area contributed by atoms with Crippen molar-refractivity contribution in [1.82, 2.24) is 9.97 Å². The zero-order valence-corrected chi connectivity index (χ0v) is 12.0. The van der Waals surface area contributed by atoms with E-state index in [4.69, 9.17) is 0 Å². The van der Waals surface area contributed by atoms with Crippen molar-refractivity contribution in [1.29, 1.82) is 0 Å². The molecule has 3 nitrogen and oxygen atoms in total. The summed E-state index contributed by atoms with van der Waals surface area (Å²) in [7, 11) is 1.30. The van der Waals surface area contributed by atoms with Crippen molar-refractivity contribution in [2.24, 2.45) is 0 Å². The second-order valence-corrected chi connectivity index (χ2v) is 4.78. The van der Waals surface area contributed by atoms with E-state index in [0.29, 0.717) is 6.07 Å². The molecule has 0 fully saturated rings. The lowest BCUT2D eigenvalue weighted by atomic mass is 10.1. The number of hydrogen-bond acceptors (Lipinski definition) is 3. The van der Waals surface area contributed by atoms with Crippen LogP contribution in [-0.4, -0.2) is 17.0 Å². The molecule has 1 aromatic heterocycles. The molecule has 0 amide bonds. The molecule has 0 saturated carbocycles. The number of aromatic nitrogens is 2. The first-order chi connectivity index (χ1) is 9.74. The Bertz CT molecular complexity index is 687. The Morgan fingerprint density at radius 1 is 1.14 bits per heavy atom. The van der Waals surface area contributed by atoms with Crippen LogP contribution in [0, 0.1) is 11.6 Å². The van der Waals surface area contributed by atoms with Gasteiger partial charge in [0.25, 0.3) is 0 Å². The summed E-state index contributed by atoms with van der Waals surface area (Å²) in [5.41, 5.74) is -2.46.